The van der Waals surface area contributed by atoms with E-state index in [1.807, 2.05) is 0 Å². The van der Waals surface area contributed by atoms with Crippen molar-refractivity contribution in [1.82, 2.24) is 9.71 Å². The summed E-state index contributed by atoms with van der Waals surface area (Å²) < 4.78 is 25.1. The lowest BCUT2D eigenvalue weighted by Gasteiger charge is -2.08. The Morgan fingerprint density at radius 1 is 1.69 bits per heavy atom. The van der Waals surface area contributed by atoms with Crippen LogP contribution in [-0.4, -0.2) is 29.7 Å². The van der Waals surface area contributed by atoms with Gasteiger partial charge in [-0.3, -0.25) is 4.79 Å². The van der Waals surface area contributed by atoms with Gasteiger partial charge in [-0.1, -0.05) is 0 Å². The second kappa shape index (κ2) is 4.89. The monoisotopic (exact) mass is 264 g/mol. The number of carbonyl (C=O) groups is 1. The van der Waals surface area contributed by atoms with Crippen LogP contribution in [0.15, 0.2) is 5.38 Å². The Bertz CT molecular complexity index is 480. The lowest BCUT2D eigenvalue weighted by molar-refractivity contribution is -0.136. The van der Waals surface area contributed by atoms with Gasteiger partial charge in [0.1, 0.15) is 5.01 Å². The van der Waals surface area contributed by atoms with Crippen molar-refractivity contribution in [2.24, 2.45) is 0 Å². The maximum atomic E-state index is 11.4. The molecular formula is C8H12N2O4S2. The van der Waals surface area contributed by atoms with Gasteiger partial charge in [-0.2, -0.15) is 0 Å². The summed E-state index contributed by atoms with van der Waals surface area (Å²) >= 11 is 1.32. The Morgan fingerprint density at radius 2 is 2.31 bits per heavy atom. The van der Waals surface area contributed by atoms with Crippen LogP contribution in [0, 0.1) is 6.92 Å². The molecule has 6 nitrogen and oxygen atoms in total. The van der Waals surface area contributed by atoms with Crippen LogP contribution in [0.25, 0.3) is 0 Å². The van der Waals surface area contributed by atoms with Crippen LogP contribution >= 0.6 is 11.3 Å². The normalized spacial score (nSPS) is 13.6. The summed E-state index contributed by atoms with van der Waals surface area (Å²) in [5.41, 5.74) is 0.811. The minimum Gasteiger partial charge on any atom is -0.480 e. The Balaban J connectivity index is 2.65. The van der Waals surface area contributed by atoms with Crippen LogP contribution in [0.1, 0.15) is 17.6 Å². The van der Waals surface area contributed by atoms with Gasteiger partial charge in [-0.15, -0.1) is 11.3 Å². The number of nitrogens with zero attached hydrogens (tertiary/aromatic N) is 1. The third-order valence-electron chi connectivity index (χ3n) is 1.90. The molecule has 0 radical (unpaired) electrons. The fraction of sp³-hybridized carbons (Fsp3) is 0.500. The van der Waals surface area contributed by atoms with Crippen molar-refractivity contribution >= 4 is 27.3 Å². The molecule has 8 heteroatoms. The van der Waals surface area contributed by atoms with E-state index < -0.39 is 21.2 Å². The van der Waals surface area contributed by atoms with E-state index >= 15 is 0 Å². The Labute approximate surface area is 97.4 Å². The van der Waals surface area contributed by atoms with Crippen LogP contribution in [-0.2, 0) is 21.4 Å². The smallest absolute Gasteiger partial charge is 0.323 e. The standard InChI is InChI=1S/C8H12N2O4S2/c1-5-4-15-7(10-5)3-9-16(13,14)6(2)8(11)12/h4,6,9H,3H2,1-2H3,(H,11,12). The number of hydrogen-bond acceptors (Lipinski definition) is 5. The van der Waals surface area contributed by atoms with Crippen molar-refractivity contribution in [2.75, 3.05) is 0 Å². The summed E-state index contributed by atoms with van der Waals surface area (Å²) in [6.45, 7) is 2.95. The Hall–Kier alpha value is -0.990. The van der Waals surface area contributed by atoms with E-state index in [1.54, 1.807) is 12.3 Å². The molecule has 1 unspecified atom stereocenters. The molecule has 0 fully saturated rings. The molecule has 1 rings (SSSR count). The van der Waals surface area contributed by atoms with E-state index in [0.29, 0.717) is 5.01 Å². The van der Waals surface area contributed by atoms with E-state index in [9.17, 15) is 13.2 Å². The van der Waals surface area contributed by atoms with Crippen LogP contribution in [0.4, 0.5) is 0 Å². The number of nitrogens with one attached hydrogen (secondary N) is 1. The Morgan fingerprint density at radius 3 is 2.75 bits per heavy atom. The zero-order valence-corrected chi connectivity index (χ0v) is 10.4. The summed E-state index contributed by atoms with van der Waals surface area (Å²) in [6.07, 6.45) is 0. The summed E-state index contributed by atoms with van der Waals surface area (Å²) in [7, 11) is -3.83. The molecule has 0 saturated heterocycles. The molecule has 2 N–H and O–H groups in total. The fourth-order valence-corrected chi connectivity index (χ4v) is 2.56. The molecule has 0 aliphatic rings. The molecule has 0 aliphatic carbocycles. The Kier molecular flexibility index (Phi) is 4.00. The molecule has 16 heavy (non-hydrogen) atoms. The molecule has 90 valence electrons. The quantitative estimate of drug-likeness (QED) is 0.799. The van der Waals surface area contributed by atoms with Gasteiger partial charge in [0.2, 0.25) is 10.0 Å². The lowest BCUT2D eigenvalue weighted by Crippen LogP contribution is -2.37. The molecule has 1 aromatic heterocycles. The summed E-state index contributed by atoms with van der Waals surface area (Å²) in [5, 5.41) is 9.53. The number of thiazole rings is 1. The first-order valence-corrected chi connectivity index (χ1v) is 6.88. The molecule has 0 aromatic carbocycles. The number of carboxylic acid groups (broad SMARTS) is 1. The van der Waals surface area contributed by atoms with Crippen molar-refractivity contribution in [2.45, 2.75) is 25.6 Å². The first kappa shape index (κ1) is 13.1. The first-order chi connectivity index (χ1) is 7.33. The zero-order chi connectivity index (χ0) is 12.3. The largest absolute Gasteiger partial charge is 0.480 e. The zero-order valence-electron chi connectivity index (χ0n) is 8.80. The average molecular weight is 264 g/mol. The highest BCUT2D eigenvalue weighted by atomic mass is 32.2. The maximum absolute atomic E-state index is 11.4. The van der Waals surface area contributed by atoms with Gasteiger partial charge in [0.05, 0.1) is 6.54 Å². The van der Waals surface area contributed by atoms with Crippen molar-refractivity contribution in [3.8, 4) is 0 Å². The van der Waals surface area contributed by atoms with E-state index in [4.69, 9.17) is 5.11 Å². The first-order valence-electron chi connectivity index (χ1n) is 4.45. The highest BCUT2D eigenvalue weighted by Crippen LogP contribution is 2.09. The van der Waals surface area contributed by atoms with Crippen molar-refractivity contribution in [3.63, 3.8) is 0 Å². The summed E-state index contributed by atoms with van der Waals surface area (Å²) in [5.74, 6) is -1.37. The van der Waals surface area contributed by atoms with Gasteiger partial charge in [0.15, 0.2) is 5.25 Å². The molecule has 0 bridgehead atoms. The second-order valence-electron chi connectivity index (χ2n) is 3.23. The fourth-order valence-electron chi connectivity index (χ4n) is 0.904. The molecule has 1 atom stereocenters. The molecule has 0 spiro atoms. The van der Waals surface area contributed by atoms with Crippen LogP contribution < -0.4 is 4.72 Å². The van der Waals surface area contributed by atoms with E-state index in [-0.39, 0.29) is 6.54 Å². The number of hydrogen-bond donors (Lipinski definition) is 2. The molecule has 1 aromatic rings. The third kappa shape index (κ3) is 3.26. The molecule has 0 aliphatic heterocycles. The van der Waals surface area contributed by atoms with Gasteiger partial charge in [0, 0.05) is 11.1 Å². The lowest BCUT2D eigenvalue weighted by atomic mass is 10.5. The van der Waals surface area contributed by atoms with Crippen LogP contribution in [0.3, 0.4) is 0 Å². The van der Waals surface area contributed by atoms with Gasteiger partial charge in [-0.05, 0) is 13.8 Å². The van der Waals surface area contributed by atoms with Crippen molar-refractivity contribution < 1.29 is 18.3 Å². The summed E-state index contributed by atoms with van der Waals surface area (Å²) in [4.78, 5) is 14.6. The SMILES string of the molecule is Cc1csc(CNS(=O)(=O)C(C)C(=O)O)n1. The highest BCUT2D eigenvalue weighted by molar-refractivity contribution is 7.90. The predicted octanol–water partition coefficient (Wildman–Crippen LogP) is 0.344. The topological polar surface area (TPSA) is 96.4 Å². The maximum Gasteiger partial charge on any atom is 0.323 e. The van der Waals surface area contributed by atoms with Gasteiger partial charge in [-0.25, -0.2) is 18.1 Å². The van der Waals surface area contributed by atoms with Crippen molar-refractivity contribution in [1.29, 1.82) is 0 Å². The van der Waals surface area contributed by atoms with E-state index in [2.05, 4.69) is 9.71 Å². The van der Waals surface area contributed by atoms with E-state index in [1.165, 1.54) is 11.3 Å². The van der Waals surface area contributed by atoms with Crippen LogP contribution in [0.2, 0.25) is 0 Å². The van der Waals surface area contributed by atoms with E-state index in [0.717, 1.165) is 12.6 Å². The molecular weight excluding hydrogens is 252 g/mol. The number of rotatable bonds is 5. The molecule has 0 saturated carbocycles. The second-order valence-corrected chi connectivity index (χ2v) is 6.26. The number of sulfonamides is 1. The number of aromatic nitrogens is 1. The van der Waals surface area contributed by atoms with Crippen LogP contribution in [0.5, 0.6) is 0 Å². The van der Waals surface area contributed by atoms with Crippen molar-refractivity contribution in [3.05, 3.63) is 16.1 Å². The summed E-state index contributed by atoms with van der Waals surface area (Å²) in [6, 6.07) is 0. The minimum atomic E-state index is -3.83. The number of carboxylic acids is 1. The number of aliphatic carboxylic acids is 1. The number of aryl methyl sites for hydroxylation is 1. The molecule has 0 amide bonds. The minimum absolute atomic E-state index is 0.0262. The predicted molar refractivity (Wildman–Crippen MR) is 59.7 cm³/mol. The molecule has 1 heterocycles. The highest BCUT2D eigenvalue weighted by Gasteiger charge is 2.27. The third-order valence-corrected chi connectivity index (χ3v) is 4.55. The van der Waals surface area contributed by atoms with Gasteiger partial charge < -0.3 is 5.11 Å². The average Bonchev–Trinajstić information content (AvgIpc) is 2.60. The van der Waals surface area contributed by atoms with Gasteiger partial charge >= 0.3 is 5.97 Å². The van der Waals surface area contributed by atoms with Gasteiger partial charge in [0.25, 0.3) is 0 Å².